The highest BCUT2D eigenvalue weighted by atomic mass is 35.5. The first-order chi connectivity index (χ1) is 10.6. The molecular weight excluding hydrogens is 335 g/mol. The van der Waals surface area contributed by atoms with Gasteiger partial charge in [-0.3, -0.25) is 0 Å². The van der Waals surface area contributed by atoms with Crippen LogP contribution < -0.4 is 10.6 Å². The van der Waals surface area contributed by atoms with Crippen LogP contribution in [-0.2, 0) is 6.42 Å². The molecule has 2 rings (SSSR count). The smallest absolute Gasteiger partial charge is 0.175 e. The molecule has 0 aliphatic rings. The summed E-state index contributed by atoms with van der Waals surface area (Å²) in [5.74, 6) is 0. The number of hydrogen-bond acceptors (Lipinski definition) is 1. The summed E-state index contributed by atoms with van der Waals surface area (Å²) in [5.41, 5.74) is 3.01. The predicted molar refractivity (Wildman–Crippen MR) is 101 cm³/mol. The van der Waals surface area contributed by atoms with Crippen molar-refractivity contribution in [2.75, 3.05) is 10.6 Å². The van der Waals surface area contributed by atoms with Crippen molar-refractivity contribution >= 4 is 51.9 Å². The molecule has 0 bridgehead atoms. The fourth-order valence-electron chi connectivity index (χ4n) is 2.01. The van der Waals surface area contributed by atoms with Gasteiger partial charge in [0.1, 0.15) is 0 Å². The Morgan fingerprint density at radius 1 is 1.05 bits per heavy atom. The maximum Gasteiger partial charge on any atom is 0.175 e. The third-order valence-corrected chi connectivity index (χ3v) is 3.96. The maximum absolute atomic E-state index is 6.11. The number of thiocarbonyl (C=S) groups is 1. The molecule has 5 heteroatoms. The lowest BCUT2D eigenvalue weighted by molar-refractivity contribution is 0.795. The van der Waals surface area contributed by atoms with Crippen LogP contribution in [0.1, 0.15) is 25.3 Å². The van der Waals surface area contributed by atoms with Gasteiger partial charge in [-0.05, 0) is 61.0 Å². The van der Waals surface area contributed by atoms with E-state index < -0.39 is 0 Å². The van der Waals surface area contributed by atoms with Gasteiger partial charge >= 0.3 is 0 Å². The zero-order chi connectivity index (χ0) is 15.9. The highest BCUT2D eigenvalue weighted by Crippen LogP contribution is 2.25. The summed E-state index contributed by atoms with van der Waals surface area (Å²) in [7, 11) is 0. The Morgan fingerprint density at radius 3 is 2.41 bits per heavy atom. The van der Waals surface area contributed by atoms with E-state index in [1.165, 1.54) is 18.4 Å². The highest BCUT2D eigenvalue weighted by molar-refractivity contribution is 7.80. The zero-order valence-electron chi connectivity index (χ0n) is 12.3. The van der Waals surface area contributed by atoms with Crippen LogP contribution in [-0.4, -0.2) is 5.11 Å². The van der Waals surface area contributed by atoms with E-state index >= 15 is 0 Å². The van der Waals surface area contributed by atoms with E-state index in [-0.39, 0.29) is 0 Å². The van der Waals surface area contributed by atoms with E-state index in [9.17, 15) is 0 Å². The molecule has 0 aromatic heterocycles. The topological polar surface area (TPSA) is 24.1 Å². The van der Waals surface area contributed by atoms with Crippen molar-refractivity contribution in [1.82, 2.24) is 0 Å². The summed E-state index contributed by atoms with van der Waals surface area (Å²) >= 11 is 17.3. The van der Waals surface area contributed by atoms with Crippen LogP contribution in [0, 0.1) is 0 Å². The second-order valence-electron chi connectivity index (χ2n) is 5.00. The number of benzene rings is 2. The van der Waals surface area contributed by atoms with Crippen LogP contribution in [0.2, 0.25) is 10.0 Å². The van der Waals surface area contributed by atoms with Crippen LogP contribution in [0.15, 0.2) is 42.5 Å². The molecule has 0 radical (unpaired) electrons. The van der Waals surface area contributed by atoms with Gasteiger partial charge in [-0.15, -0.1) is 0 Å². The first-order valence-electron chi connectivity index (χ1n) is 7.20. The molecule has 0 fully saturated rings. The van der Waals surface area contributed by atoms with E-state index in [0.717, 1.165) is 17.8 Å². The molecule has 0 heterocycles. The Balaban J connectivity index is 1.94. The fourth-order valence-corrected chi connectivity index (χ4v) is 2.69. The summed E-state index contributed by atoms with van der Waals surface area (Å²) in [6.45, 7) is 2.20. The number of nitrogens with one attached hydrogen (secondary N) is 2. The highest BCUT2D eigenvalue weighted by Gasteiger charge is 2.04. The quantitative estimate of drug-likeness (QED) is 0.631. The summed E-state index contributed by atoms with van der Waals surface area (Å²) in [6.07, 6.45) is 3.53. The molecule has 2 N–H and O–H groups in total. The molecular formula is C17H18Cl2N2S. The van der Waals surface area contributed by atoms with Gasteiger partial charge in [-0.2, -0.15) is 0 Å². The normalized spacial score (nSPS) is 10.3. The molecule has 116 valence electrons. The van der Waals surface area contributed by atoms with Crippen LogP contribution in [0.3, 0.4) is 0 Å². The van der Waals surface area contributed by atoms with Crippen LogP contribution in [0.25, 0.3) is 0 Å². The third kappa shape index (κ3) is 5.16. The monoisotopic (exact) mass is 352 g/mol. The van der Waals surface area contributed by atoms with Gasteiger partial charge in [0.15, 0.2) is 5.11 Å². The molecule has 2 aromatic rings. The van der Waals surface area contributed by atoms with E-state index in [1.54, 1.807) is 18.2 Å². The van der Waals surface area contributed by atoms with E-state index in [4.69, 9.17) is 35.4 Å². The lowest BCUT2D eigenvalue weighted by atomic mass is 10.1. The Hall–Kier alpha value is -1.29. The Morgan fingerprint density at radius 2 is 1.77 bits per heavy atom. The molecule has 0 amide bonds. The van der Waals surface area contributed by atoms with Gasteiger partial charge in [0, 0.05) is 10.7 Å². The lowest BCUT2D eigenvalue weighted by Crippen LogP contribution is -2.19. The molecule has 0 saturated heterocycles. The second-order valence-corrected chi connectivity index (χ2v) is 6.26. The minimum absolute atomic E-state index is 0.491. The molecule has 0 saturated carbocycles. The van der Waals surface area contributed by atoms with Gasteiger partial charge < -0.3 is 10.6 Å². The van der Waals surface area contributed by atoms with Crippen molar-refractivity contribution in [3.63, 3.8) is 0 Å². The molecule has 0 aliphatic heterocycles. The molecule has 0 atom stereocenters. The van der Waals surface area contributed by atoms with E-state index in [1.807, 2.05) is 12.1 Å². The maximum atomic E-state index is 6.11. The molecule has 2 aromatic carbocycles. The van der Waals surface area contributed by atoms with Crippen molar-refractivity contribution in [2.45, 2.75) is 26.2 Å². The Labute approximate surface area is 146 Å². The molecule has 22 heavy (non-hydrogen) atoms. The van der Waals surface area contributed by atoms with Gasteiger partial charge in [-0.1, -0.05) is 48.7 Å². The number of anilines is 2. The van der Waals surface area contributed by atoms with Crippen molar-refractivity contribution in [1.29, 1.82) is 0 Å². The number of halogens is 2. The summed E-state index contributed by atoms with van der Waals surface area (Å²) < 4.78 is 0. The minimum atomic E-state index is 0.491. The van der Waals surface area contributed by atoms with Crippen LogP contribution >= 0.6 is 35.4 Å². The van der Waals surface area contributed by atoms with Crippen molar-refractivity contribution in [2.24, 2.45) is 0 Å². The number of aryl methyl sites for hydroxylation is 1. The van der Waals surface area contributed by atoms with Gasteiger partial charge in [0.2, 0.25) is 0 Å². The molecule has 0 unspecified atom stereocenters. The first-order valence-corrected chi connectivity index (χ1v) is 8.37. The third-order valence-electron chi connectivity index (χ3n) is 3.21. The first kappa shape index (κ1) is 17.1. The van der Waals surface area contributed by atoms with Gasteiger partial charge in [0.05, 0.1) is 10.7 Å². The van der Waals surface area contributed by atoms with E-state index in [2.05, 4.69) is 29.7 Å². The van der Waals surface area contributed by atoms with Crippen LogP contribution in [0.5, 0.6) is 0 Å². The van der Waals surface area contributed by atoms with Crippen molar-refractivity contribution < 1.29 is 0 Å². The largest absolute Gasteiger partial charge is 0.332 e. The predicted octanol–water partition coefficient (Wildman–Crippen LogP) is 6.14. The average molecular weight is 353 g/mol. The standard InChI is InChI=1S/C17H18Cl2N2S/c1-2-3-4-12-5-8-14(9-6-12)20-17(22)21-16-10-7-13(18)11-15(16)19/h5-11H,2-4H2,1H3,(H2,20,21,22). The number of rotatable bonds is 5. The van der Waals surface area contributed by atoms with Crippen molar-refractivity contribution in [3.05, 3.63) is 58.1 Å². The van der Waals surface area contributed by atoms with E-state index in [0.29, 0.717) is 15.2 Å². The Bertz CT molecular complexity index is 642. The van der Waals surface area contributed by atoms with Crippen molar-refractivity contribution in [3.8, 4) is 0 Å². The molecule has 0 aliphatic carbocycles. The average Bonchev–Trinajstić information content (AvgIpc) is 2.49. The van der Waals surface area contributed by atoms with Gasteiger partial charge in [-0.25, -0.2) is 0 Å². The SMILES string of the molecule is CCCCc1ccc(NC(=S)Nc2ccc(Cl)cc2Cl)cc1. The number of hydrogen-bond donors (Lipinski definition) is 2. The fraction of sp³-hybridized carbons (Fsp3) is 0.235. The van der Waals surface area contributed by atoms with Gasteiger partial charge in [0.25, 0.3) is 0 Å². The number of unbranched alkanes of at least 4 members (excludes halogenated alkanes) is 1. The molecule has 2 nitrogen and oxygen atoms in total. The lowest BCUT2D eigenvalue weighted by Gasteiger charge is -2.12. The second kappa shape index (κ2) is 8.37. The summed E-state index contributed by atoms with van der Waals surface area (Å²) in [5, 5.41) is 7.83. The Kier molecular flexibility index (Phi) is 6.49. The zero-order valence-corrected chi connectivity index (χ0v) is 14.7. The summed E-state index contributed by atoms with van der Waals surface area (Å²) in [6, 6.07) is 13.5. The minimum Gasteiger partial charge on any atom is -0.332 e. The summed E-state index contributed by atoms with van der Waals surface area (Å²) in [4.78, 5) is 0. The van der Waals surface area contributed by atoms with Crippen LogP contribution in [0.4, 0.5) is 11.4 Å². The molecule has 0 spiro atoms.